The van der Waals surface area contributed by atoms with E-state index in [0.29, 0.717) is 16.9 Å². The number of fused-ring (bicyclic) bond motifs is 1. The number of carbonyl (C=O) groups is 2. The van der Waals surface area contributed by atoms with Crippen LogP contribution in [0.1, 0.15) is 12.0 Å². The Balaban J connectivity index is 1.51. The summed E-state index contributed by atoms with van der Waals surface area (Å²) in [6, 6.07) is 5.65. The molecule has 29 heavy (non-hydrogen) atoms. The second-order valence-electron chi connectivity index (χ2n) is 6.75. The Morgan fingerprint density at radius 2 is 2.21 bits per heavy atom. The molecule has 4 rings (SSSR count). The lowest BCUT2D eigenvalue weighted by atomic mass is 10.0. The van der Waals surface area contributed by atoms with E-state index in [-0.39, 0.29) is 24.5 Å². The van der Waals surface area contributed by atoms with Crippen molar-refractivity contribution < 1.29 is 19.1 Å². The number of rotatable bonds is 4. The summed E-state index contributed by atoms with van der Waals surface area (Å²) in [5.41, 5.74) is -0.588. The van der Waals surface area contributed by atoms with Crippen molar-refractivity contribution >= 4 is 62.7 Å². The highest BCUT2D eigenvalue weighted by Crippen LogP contribution is 2.31. The molecule has 3 N–H and O–H groups in total. The van der Waals surface area contributed by atoms with Gasteiger partial charge in [-0.2, -0.15) is 0 Å². The minimum absolute atomic E-state index is 0.0656. The van der Waals surface area contributed by atoms with Gasteiger partial charge in [0.05, 0.1) is 11.9 Å². The molecule has 0 spiro atoms. The standard InChI is InChI=1S/C19H15ClFIN4O3/c20-11-3-10(4-12(21)5-11)7-25-17(27)19(29)1-2-26(18(19)28)13-6-14-15(22)9-24-16(14)23-8-13/h3-6,8-9,29H,1-2,7H2,(H,23,24)(H,25,27)/t19-/m0/s1. The Morgan fingerprint density at radius 3 is 2.97 bits per heavy atom. The molecule has 1 atom stereocenters. The average molecular weight is 529 g/mol. The fourth-order valence-corrected chi connectivity index (χ4v) is 4.12. The topological polar surface area (TPSA) is 98.3 Å². The Bertz CT molecular complexity index is 1120. The molecule has 0 saturated carbocycles. The van der Waals surface area contributed by atoms with Crippen molar-refractivity contribution in [2.24, 2.45) is 0 Å². The van der Waals surface area contributed by atoms with Crippen LogP contribution in [0.5, 0.6) is 0 Å². The molecule has 0 unspecified atom stereocenters. The first-order valence-electron chi connectivity index (χ1n) is 8.68. The predicted molar refractivity (Wildman–Crippen MR) is 114 cm³/mol. The normalized spacial score (nSPS) is 19.2. The van der Waals surface area contributed by atoms with Gasteiger partial charge in [-0.25, -0.2) is 9.37 Å². The number of halogens is 3. The highest BCUT2D eigenvalue weighted by Gasteiger charge is 2.51. The third-order valence-corrected chi connectivity index (χ3v) is 5.94. The number of amides is 2. The second-order valence-corrected chi connectivity index (χ2v) is 8.35. The Kier molecular flexibility index (Phi) is 5.21. The molecular formula is C19H15ClFIN4O3. The van der Waals surface area contributed by atoms with Gasteiger partial charge in [0.1, 0.15) is 11.5 Å². The molecule has 0 radical (unpaired) electrons. The summed E-state index contributed by atoms with van der Waals surface area (Å²) in [5.74, 6) is -2.10. The number of carbonyl (C=O) groups excluding carboxylic acids is 2. The number of hydrogen-bond donors (Lipinski definition) is 3. The van der Waals surface area contributed by atoms with Crippen molar-refractivity contribution in [1.29, 1.82) is 0 Å². The number of pyridine rings is 1. The van der Waals surface area contributed by atoms with Crippen LogP contribution in [0.15, 0.2) is 36.7 Å². The van der Waals surface area contributed by atoms with Crippen LogP contribution < -0.4 is 10.2 Å². The van der Waals surface area contributed by atoms with E-state index < -0.39 is 23.2 Å². The van der Waals surface area contributed by atoms with Crippen LogP contribution in [-0.4, -0.2) is 39.0 Å². The third-order valence-electron chi connectivity index (χ3n) is 4.83. The monoisotopic (exact) mass is 528 g/mol. The molecule has 150 valence electrons. The zero-order chi connectivity index (χ0) is 20.8. The maximum absolute atomic E-state index is 13.4. The number of benzene rings is 1. The first kappa shape index (κ1) is 20.0. The van der Waals surface area contributed by atoms with Crippen LogP contribution in [0, 0.1) is 9.39 Å². The van der Waals surface area contributed by atoms with E-state index in [0.717, 1.165) is 15.0 Å². The summed E-state index contributed by atoms with van der Waals surface area (Å²) in [7, 11) is 0. The summed E-state index contributed by atoms with van der Waals surface area (Å²) in [6.45, 7) is 0.101. The zero-order valence-electron chi connectivity index (χ0n) is 14.9. The van der Waals surface area contributed by atoms with E-state index >= 15 is 0 Å². The van der Waals surface area contributed by atoms with Gasteiger partial charge in [-0.15, -0.1) is 0 Å². The molecule has 1 aliphatic rings. The maximum atomic E-state index is 13.4. The molecule has 0 bridgehead atoms. The molecule has 1 saturated heterocycles. The number of nitrogens with one attached hydrogen (secondary N) is 2. The van der Waals surface area contributed by atoms with Crippen molar-refractivity contribution in [3.8, 4) is 0 Å². The molecule has 2 amide bonds. The van der Waals surface area contributed by atoms with Gasteiger partial charge in [-0.3, -0.25) is 9.59 Å². The number of H-pyrrole nitrogens is 1. The minimum Gasteiger partial charge on any atom is -0.372 e. The smallest absolute Gasteiger partial charge is 0.268 e. The molecule has 10 heteroatoms. The van der Waals surface area contributed by atoms with Crippen LogP contribution in [-0.2, 0) is 16.1 Å². The second kappa shape index (κ2) is 7.54. The van der Waals surface area contributed by atoms with Crippen molar-refractivity contribution in [2.45, 2.75) is 18.6 Å². The molecule has 1 aromatic carbocycles. The van der Waals surface area contributed by atoms with Gasteiger partial charge in [-0.05, 0) is 52.4 Å². The van der Waals surface area contributed by atoms with Crippen molar-refractivity contribution in [3.63, 3.8) is 0 Å². The minimum atomic E-state index is -2.20. The van der Waals surface area contributed by atoms with E-state index in [1.165, 1.54) is 23.2 Å². The van der Waals surface area contributed by atoms with Gasteiger partial charge >= 0.3 is 0 Å². The molecule has 1 fully saturated rings. The molecule has 2 aromatic heterocycles. The number of anilines is 1. The van der Waals surface area contributed by atoms with Crippen LogP contribution in [0.4, 0.5) is 10.1 Å². The fourth-order valence-electron chi connectivity index (χ4n) is 3.31. The highest BCUT2D eigenvalue weighted by molar-refractivity contribution is 14.1. The number of aromatic nitrogens is 2. The molecule has 7 nitrogen and oxygen atoms in total. The lowest BCUT2D eigenvalue weighted by Gasteiger charge is -2.21. The summed E-state index contributed by atoms with van der Waals surface area (Å²) in [4.78, 5) is 34.1. The average Bonchev–Trinajstić information content (AvgIpc) is 3.20. The third kappa shape index (κ3) is 3.69. The van der Waals surface area contributed by atoms with E-state index in [4.69, 9.17) is 11.6 Å². The quantitative estimate of drug-likeness (QED) is 0.358. The summed E-state index contributed by atoms with van der Waals surface area (Å²) in [6.07, 6.45) is 3.26. The predicted octanol–water partition coefficient (Wildman–Crippen LogP) is 2.74. The molecule has 3 heterocycles. The van der Waals surface area contributed by atoms with Gasteiger partial charge in [0.15, 0.2) is 0 Å². The number of aromatic amines is 1. The van der Waals surface area contributed by atoms with E-state index in [2.05, 4.69) is 37.9 Å². The largest absolute Gasteiger partial charge is 0.372 e. The first-order valence-corrected chi connectivity index (χ1v) is 10.1. The summed E-state index contributed by atoms with van der Waals surface area (Å²) >= 11 is 7.96. The van der Waals surface area contributed by atoms with Gasteiger partial charge < -0.3 is 20.3 Å². The maximum Gasteiger partial charge on any atom is 0.268 e. The van der Waals surface area contributed by atoms with Gasteiger partial charge in [0, 0.05) is 39.7 Å². The molecule has 0 aliphatic carbocycles. The van der Waals surface area contributed by atoms with Crippen LogP contribution >= 0.6 is 34.2 Å². The molecular weight excluding hydrogens is 514 g/mol. The van der Waals surface area contributed by atoms with E-state index in [9.17, 15) is 19.1 Å². The van der Waals surface area contributed by atoms with E-state index in [1.807, 2.05) is 0 Å². The number of aliphatic hydroxyl groups is 1. The number of nitrogens with zero attached hydrogens (tertiary/aromatic N) is 2. The lowest BCUT2D eigenvalue weighted by molar-refractivity contribution is -0.149. The van der Waals surface area contributed by atoms with Gasteiger partial charge in [-0.1, -0.05) is 11.6 Å². The van der Waals surface area contributed by atoms with Gasteiger partial charge in [0.25, 0.3) is 11.8 Å². The first-order chi connectivity index (χ1) is 13.8. The summed E-state index contributed by atoms with van der Waals surface area (Å²) < 4.78 is 14.4. The Morgan fingerprint density at radius 1 is 1.41 bits per heavy atom. The van der Waals surface area contributed by atoms with Crippen LogP contribution in [0.25, 0.3) is 11.0 Å². The number of hydrogen-bond acceptors (Lipinski definition) is 4. The van der Waals surface area contributed by atoms with Crippen LogP contribution in [0.3, 0.4) is 0 Å². The molecule has 3 aromatic rings. The van der Waals surface area contributed by atoms with Crippen molar-refractivity contribution in [2.75, 3.05) is 11.4 Å². The van der Waals surface area contributed by atoms with Gasteiger partial charge in [0.2, 0.25) is 5.60 Å². The lowest BCUT2D eigenvalue weighted by Crippen LogP contribution is -2.52. The molecule has 1 aliphatic heterocycles. The van der Waals surface area contributed by atoms with E-state index in [1.54, 1.807) is 12.3 Å². The Hall–Kier alpha value is -2.24. The zero-order valence-corrected chi connectivity index (χ0v) is 17.8. The highest BCUT2D eigenvalue weighted by atomic mass is 127. The Labute approximate surface area is 183 Å². The van der Waals surface area contributed by atoms with Crippen LogP contribution in [0.2, 0.25) is 5.02 Å². The summed E-state index contributed by atoms with van der Waals surface area (Å²) in [5, 5.41) is 14.3. The fraction of sp³-hybridized carbons (Fsp3) is 0.211. The van der Waals surface area contributed by atoms with Crippen molar-refractivity contribution in [1.82, 2.24) is 15.3 Å². The SMILES string of the molecule is O=C(NCc1cc(F)cc(Cl)c1)[C@@]1(O)CCN(c2cnc3[nH]cc(I)c3c2)C1=O. The van der Waals surface area contributed by atoms with Crippen molar-refractivity contribution in [3.05, 3.63) is 56.6 Å².